The second-order valence-corrected chi connectivity index (χ2v) is 19.0. The minimum absolute atomic E-state index is 0. The second-order valence-electron chi connectivity index (χ2n) is 14.1. The van der Waals surface area contributed by atoms with Crippen LogP contribution in [-0.4, -0.2) is 12.1 Å². The van der Waals surface area contributed by atoms with Gasteiger partial charge in [-0.15, -0.1) is 0 Å². The Morgan fingerprint density at radius 3 is 0.932 bits per heavy atom. The quantitative estimate of drug-likeness (QED) is 0.0660. The van der Waals surface area contributed by atoms with Crippen molar-refractivity contribution in [2.45, 2.75) is 37.8 Å². The molecule has 0 bridgehead atoms. The van der Waals surface area contributed by atoms with Gasteiger partial charge in [0.2, 0.25) is 0 Å². The van der Waals surface area contributed by atoms with Crippen molar-refractivity contribution in [2.75, 3.05) is 0 Å². The molecular formula is C52H46N2O2P2Ru+2. The van der Waals surface area contributed by atoms with Gasteiger partial charge < -0.3 is 11.5 Å². The van der Waals surface area contributed by atoms with Gasteiger partial charge in [0.05, 0.1) is 15.8 Å². The maximum atomic E-state index is 7.50. The zero-order valence-electron chi connectivity index (χ0n) is 32.6. The number of hydrogen-bond donors (Lipinski definition) is 0. The van der Waals surface area contributed by atoms with Gasteiger partial charge in [-0.2, -0.15) is 12.1 Å². The van der Waals surface area contributed by atoms with E-state index in [4.69, 9.17) is 20.8 Å². The molecule has 4 nitrogen and oxygen atoms in total. The molecule has 1 fully saturated rings. The van der Waals surface area contributed by atoms with Crippen LogP contribution in [0.15, 0.2) is 194 Å². The first-order valence-corrected chi connectivity index (χ1v) is 22.5. The van der Waals surface area contributed by atoms with Gasteiger partial charge in [0.1, 0.15) is 31.8 Å². The van der Waals surface area contributed by atoms with E-state index in [1.54, 1.807) is 0 Å². The van der Waals surface area contributed by atoms with E-state index in [0.29, 0.717) is 0 Å². The van der Waals surface area contributed by atoms with Crippen molar-refractivity contribution in [1.29, 1.82) is 0 Å². The molecule has 0 saturated heterocycles. The van der Waals surface area contributed by atoms with Gasteiger partial charge in [-0.25, -0.2) is 0 Å². The Morgan fingerprint density at radius 1 is 0.373 bits per heavy atom. The van der Waals surface area contributed by atoms with Crippen LogP contribution in [0.25, 0.3) is 44.1 Å². The normalized spacial score (nSPS) is 14.4. The minimum atomic E-state index is -1.37. The fourth-order valence-electron chi connectivity index (χ4n) is 8.00. The molecule has 1 saturated carbocycles. The first kappa shape index (κ1) is 45.3. The summed E-state index contributed by atoms with van der Waals surface area (Å²) >= 11 is 0. The van der Waals surface area contributed by atoms with E-state index in [0.717, 1.165) is 12.8 Å². The molecule has 9 rings (SSSR count). The molecule has 2 N–H and O–H groups in total. The van der Waals surface area contributed by atoms with Gasteiger partial charge in [0.15, 0.2) is 0 Å². The summed E-state index contributed by atoms with van der Waals surface area (Å²) in [5.41, 5.74) is 17.3. The second kappa shape index (κ2) is 23.1. The molecule has 0 amide bonds. The van der Waals surface area contributed by atoms with Crippen molar-refractivity contribution < 1.29 is 28.8 Å². The summed E-state index contributed by atoms with van der Waals surface area (Å²) in [5, 5.41) is 13.6. The molecule has 7 heteroatoms. The Labute approximate surface area is 363 Å². The average Bonchev–Trinajstić information content (AvgIpc) is 3.30. The van der Waals surface area contributed by atoms with E-state index in [9.17, 15) is 0 Å². The minimum Gasteiger partial charge on any atom is -0.676 e. The Morgan fingerprint density at radius 2 is 0.644 bits per heavy atom. The predicted molar refractivity (Wildman–Crippen MR) is 250 cm³/mol. The third-order valence-corrected chi connectivity index (χ3v) is 16.2. The maximum Gasteiger partial charge on any atom is 2.00 e. The molecule has 0 unspecified atom stereocenters. The predicted octanol–water partition coefficient (Wildman–Crippen LogP) is 11.0. The van der Waals surface area contributed by atoms with Crippen LogP contribution in [0.4, 0.5) is 0 Å². The van der Waals surface area contributed by atoms with Crippen LogP contribution in [0.3, 0.4) is 0 Å². The van der Waals surface area contributed by atoms with Gasteiger partial charge in [-0.3, -0.25) is 0 Å². The Hall–Kier alpha value is -4.84. The van der Waals surface area contributed by atoms with Crippen LogP contribution in [0.1, 0.15) is 25.7 Å². The fraction of sp³-hybridized carbons (Fsp3) is 0.115. The van der Waals surface area contributed by atoms with Crippen molar-refractivity contribution in [2.24, 2.45) is 0 Å². The van der Waals surface area contributed by atoms with Crippen molar-refractivity contribution in [3.63, 3.8) is 0 Å². The number of fused-ring (bicyclic) bond motifs is 2. The van der Waals surface area contributed by atoms with E-state index in [2.05, 4.69) is 207 Å². The van der Waals surface area contributed by atoms with E-state index < -0.39 is 15.8 Å². The van der Waals surface area contributed by atoms with E-state index in [1.807, 2.05) is 0 Å². The molecule has 59 heavy (non-hydrogen) atoms. The van der Waals surface area contributed by atoms with Crippen molar-refractivity contribution in [3.05, 3.63) is 219 Å². The van der Waals surface area contributed by atoms with Gasteiger partial charge in [0, 0.05) is 11.1 Å². The largest absolute Gasteiger partial charge is 2.00 e. The van der Waals surface area contributed by atoms with Gasteiger partial charge in [0.25, 0.3) is 0 Å². The van der Waals surface area contributed by atoms with Crippen molar-refractivity contribution >= 4 is 69.2 Å². The molecule has 0 aromatic heterocycles. The van der Waals surface area contributed by atoms with Crippen LogP contribution in [0.5, 0.6) is 0 Å². The maximum absolute atomic E-state index is 7.50. The molecule has 292 valence electrons. The molecule has 2 atom stereocenters. The summed E-state index contributed by atoms with van der Waals surface area (Å²) in [6, 6.07) is 72.1. The zero-order valence-corrected chi connectivity index (χ0v) is 36.4. The topological polar surface area (TPSA) is 87.4 Å². The third-order valence-electron chi connectivity index (χ3n) is 10.7. The van der Waals surface area contributed by atoms with Crippen LogP contribution >= 0.6 is 15.8 Å². The summed E-state index contributed by atoms with van der Waals surface area (Å²) in [5.74, 6) is 0. The number of nitrogens with one attached hydrogen (secondary N) is 2. The molecule has 0 aliphatic heterocycles. The first-order chi connectivity index (χ1) is 28.7. The standard InChI is InChI=1S/C44H32P2.C6H12N2.2CO.Ru/c1-5-19-35(20-6-1)45(36-21-7-2-8-22-36)41-31-29-33-17-13-15-27-39(33)43(41)44-40-28-16-14-18-34(40)30-32-42(44)46(37-23-9-3-10-24-37)38-25-11-4-12-26-38;7-5-3-1-2-4-6(5)8;2*1-2;/h1-32H;5-8H,1-4H2;;;/q;-2;;;+2/p+2/t;5-,6-;;;/m.1.../s1. The smallest absolute Gasteiger partial charge is 0.676 e. The fourth-order valence-corrected chi connectivity index (χ4v) is 13.5. The number of benzene rings is 8. The zero-order chi connectivity index (χ0) is 40.7. The Balaban J connectivity index is 0.000000448. The van der Waals surface area contributed by atoms with Crippen molar-refractivity contribution in [1.82, 2.24) is 0 Å². The summed E-state index contributed by atoms with van der Waals surface area (Å²) in [6.45, 7) is 9.00. The molecule has 8 aromatic rings. The van der Waals surface area contributed by atoms with Crippen LogP contribution in [0.2, 0.25) is 0 Å². The van der Waals surface area contributed by atoms with E-state index >= 15 is 0 Å². The van der Waals surface area contributed by atoms with E-state index in [1.165, 1.54) is 77.3 Å². The molecule has 0 heterocycles. The van der Waals surface area contributed by atoms with Gasteiger partial charge in [-0.05, 0) is 82.2 Å². The summed E-state index contributed by atoms with van der Waals surface area (Å²) < 4.78 is 15.0. The average molecular weight is 894 g/mol. The van der Waals surface area contributed by atoms with Gasteiger partial charge >= 0.3 is 42.1 Å². The van der Waals surface area contributed by atoms with Crippen LogP contribution in [-0.2, 0) is 28.8 Å². The van der Waals surface area contributed by atoms with Crippen LogP contribution < -0.4 is 31.8 Å². The van der Waals surface area contributed by atoms with Crippen molar-refractivity contribution in [3.8, 4) is 11.1 Å². The summed E-state index contributed by atoms with van der Waals surface area (Å²) in [4.78, 5) is 0. The monoisotopic (exact) mass is 894 g/mol. The molecule has 0 spiro atoms. The molecular weight excluding hydrogens is 848 g/mol. The summed E-state index contributed by atoms with van der Waals surface area (Å²) in [7, 11) is -2.74. The molecule has 8 aromatic carbocycles. The summed E-state index contributed by atoms with van der Waals surface area (Å²) in [6.07, 6.45) is 4.25. The van der Waals surface area contributed by atoms with E-state index in [-0.39, 0.29) is 31.6 Å². The SMILES string of the molecule is [C-]#[O+].[C-]#[O+].[NH-][C@@H]1CCCC[C@H]1[NH-].[Ru+2].c1ccc([PH+](c2ccccc2)c2ccc3ccccc3c2-c2c([PH+](c3ccccc3)c3ccccc3)ccc3ccccc23)cc1. The first-order valence-electron chi connectivity index (χ1n) is 19.5. The Kier molecular flexibility index (Phi) is 17.7. The van der Waals surface area contributed by atoms with Gasteiger partial charge in [-0.1, -0.05) is 159 Å². The number of rotatable bonds is 7. The molecule has 0 radical (unpaired) electrons. The third kappa shape index (κ3) is 10.7. The van der Waals surface area contributed by atoms with Crippen LogP contribution in [0, 0.1) is 13.3 Å². The molecule has 1 aliphatic carbocycles. The Bertz CT molecular complexity index is 2290. The molecule has 1 aliphatic rings. The number of hydrogen-bond acceptors (Lipinski definition) is 0.